The van der Waals surface area contributed by atoms with Crippen LogP contribution in [-0.4, -0.2) is 11.2 Å². The van der Waals surface area contributed by atoms with Crippen molar-refractivity contribution in [2.75, 3.05) is 12.3 Å². The Labute approximate surface area is 118 Å². The second-order valence-corrected chi connectivity index (χ2v) is 4.72. The minimum Gasteiger partial charge on any atom is -0.490 e. The Morgan fingerprint density at radius 1 is 1.05 bits per heavy atom. The molecular formula is C16H18N3O+. The highest BCUT2D eigenvalue weighted by Gasteiger charge is 2.17. The number of benzene rings is 2. The lowest BCUT2D eigenvalue weighted by Gasteiger charge is -2.05. The zero-order chi connectivity index (χ0) is 13.9. The highest BCUT2D eigenvalue weighted by atomic mass is 16.5. The molecule has 4 nitrogen and oxygen atoms in total. The zero-order valence-electron chi connectivity index (χ0n) is 11.5. The first-order valence-corrected chi connectivity index (χ1v) is 6.68. The molecule has 0 atom stereocenters. The monoisotopic (exact) mass is 268 g/mol. The predicted octanol–water partition coefficient (Wildman–Crippen LogP) is 2.13. The Kier molecular flexibility index (Phi) is 3.29. The maximum Gasteiger partial charge on any atom is 0.355 e. The third-order valence-electron chi connectivity index (χ3n) is 3.48. The van der Waals surface area contributed by atoms with E-state index in [9.17, 15) is 0 Å². The molecule has 3 aromatic rings. The summed E-state index contributed by atoms with van der Waals surface area (Å²) < 4.78 is 9.82. The van der Waals surface area contributed by atoms with Gasteiger partial charge in [-0.25, -0.2) is 9.13 Å². The van der Waals surface area contributed by atoms with Gasteiger partial charge in [0.2, 0.25) is 0 Å². The molecule has 102 valence electrons. The van der Waals surface area contributed by atoms with Gasteiger partial charge in [-0.05, 0) is 24.3 Å². The molecule has 2 aromatic carbocycles. The lowest BCUT2D eigenvalue weighted by atomic mass is 10.3. The standard InChI is InChI=1S/C16H17N3O/c1-18-14-9-5-6-10-15(14)19(16(18)17)11-12-20-13-7-3-2-4-8-13/h2-10,17H,11-12H2,1H3/p+1. The van der Waals surface area contributed by atoms with E-state index >= 15 is 0 Å². The van der Waals surface area contributed by atoms with Crippen molar-refractivity contribution in [3.05, 3.63) is 54.6 Å². The van der Waals surface area contributed by atoms with E-state index in [1.807, 2.05) is 54.1 Å². The lowest BCUT2D eigenvalue weighted by Crippen LogP contribution is -2.31. The molecule has 0 bridgehead atoms. The van der Waals surface area contributed by atoms with E-state index in [1.165, 1.54) is 0 Å². The molecule has 0 fully saturated rings. The second-order valence-electron chi connectivity index (χ2n) is 4.72. The molecule has 0 amide bonds. The fourth-order valence-corrected chi connectivity index (χ4v) is 2.41. The number of ether oxygens (including phenoxy) is 1. The Balaban J connectivity index is 1.79. The summed E-state index contributed by atoms with van der Waals surface area (Å²) >= 11 is 0. The fourth-order valence-electron chi connectivity index (χ4n) is 2.41. The van der Waals surface area contributed by atoms with E-state index < -0.39 is 0 Å². The molecule has 1 aromatic heterocycles. The van der Waals surface area contributed by atoms with Crippen LogP contribution in [-0.2, 0) is 13.6 Å². The molecule has 0 aliphatic carbocycles. The Bertz CT molecular complexity index is 719. The number of fused-ring (bicyclic) bond motifs is 1. The summed E-state index contributed by atoms with van der Waals surface area (Å²) in [6.45, 7) is 1.31. The topological polar surface area (TPSA) is 44.1 Å². The van der Waals surface area contributed by atoms with Gasteiger partial charge in [0, 0.05) is 0 Å². The third kappa shape index (κ3) is 2.20. The Morgan fingerprint density at radius 3 is 2.55 bits per heavy atom. The van der Waals surface area contributed by atoms with Crippen molar-refractivity contribution in [1.29, 1.82) is 0 Å². The highest BCUT2D eigenvalue weighted by Crippen LogP contribution is 2.15. The number of nitrogen functional groups attached to an aromatic ring is 1. The molecule has 0 aliphatic rings. The number of nitrogens with two attached hydrogens (primary N) is 1. The van der Waals surface area contributed by atoms with Crippen LogP contribution in [0.1, 0.15) is 0 Å². The molecule has 0 radical (unpaired) electrons. The van der Waals surface area contributed by atoms with E-state index in [4.69, 9.17) is 10.5 Å². The lowest BCUT2D eigenvalue weighted by molar-refractivity contribution is -0.630. The maximum absolute atomic E-state index is 6.17. The van der Waals surface area contributed by atoms with E-state index in [0.29, 0.717) is 6.61 Å². The number of rotatable bonds is 4. The van der Waals surface area contributed by atoms with E-state index in [0.717, 1.165) is 29.3 Å². The van der Waals surface area contributed by atoms with Crippen LogP contribution < -0.4 is 15.0 Å². The first-order valence-electron chi connectivity index (χ1n) is 6.68. The van der Waals surface area contributed by atoms with Crippen LogP contribution in [0.15, 0.2) is 54.6 Å². The summed E-state index contributed by atoms with van der Waals surface area (Å²) in [5, 5.41) is 0. The minimum atomic E-state index is 0.590. The molecule has 20 heavy (non-hydrogen) atoms. The van der Waals surface area contributed by atoms with Gasteiger partial charge in [-0.3, -0.25) is 5.73 Å². The quantitative estimate of drug-likeness (QED) is 0.737. The molecular weight excluding hydrogens is 250 g/mol. The number of aryl methyl sites for hydroxylation is 1. The van der Waals surface area contributed by atoms with E-state index in [2.05, 4.69) is 16.7 Å². The molecule has 0 spiro atoms. The largest absolute Gasteiger partial charge is 0.490 e. The zero-order valence-corrected chi connectivity index (χ0v) is 11.5. The van der Waals surface area contributed by atoms with Crippen molar-refractivity contribution in [3.8, 4) is 5.75 Å². The second kappa shape index (κ2) is 5.25. The highest BCUT2D eigenvalue weighted by molar-refractivity contribution is 5.73. The van der Waals surface area contributed by atoms with Gasteiger partial charge in [0.1, 0.15) is 29.9 Å². The van der Waals surface area contributed by atoms with Crippen LogP contribution in [0.5, 0.6) is 5.75 Å². The smallest absolute Gasteiger partial charge is 0.355 e. The van der Waals surface area contributed by atoms with Crippen molar-refractivity contribution in [2.45, 2.75) is 6.54 Å². The summed E-state index contributed by atoms with van der Waals surface area (Å²) in [6.07, 6.45) is 0. The average Bonchev–Trinajstić information content (AvgIpc) is 2.74. The van der Waals surface area contributed by atoms with Gasteiger partial charge in [0.15, 0.2) is 0 Å². The molecule has 1 heterocycles. The van der Waals surface area contributed by atoms with Gasteiger partial charge in [0.25, 0.3) is 0 Å². The van der Waals surface area contributed by atoms with E-state index in [1.54, 1.807) is 0 Å². The summed E-state index contributed by atoms with van der Waals surface area (Å²) in [5.74, 6) is 1.62. The number of anilines is 1. The van der Waals surface area contributed by atoms with Gasteiger partial charge in [-0.1, -0.05) is 30.3 Å². The number of nitrogens with zero attached hydrogens (tertiary/aromatic N) is 2. The fraction of sp³-hybridized carbons (Fsp3) is 0.188. The molecule has 0 saturated heterocycles. The number of aromatic nitrogens is 2. The van der Waals surface area contributed by atoms with Crippen LogP contribution in [0.2, 0.25) is 0 Å². The minimum absolute atomic E-state index is 0.590. The number of para-hydroxylation sites is 3. The van der Waals surface area contributed by atoms with Gasteiger partial charge in [-0.15, -0.1) is 0 Å². The summed E-state index contributed by atoms with van der Waals surface area (Å²) in [7, 11) is 1.98. The van der Waals surface area contributed by atoms with Crippen molar-refractivity contribution >= 4 is 17.0 Å². The van der Waals surface area contributed by atoms with Crippen LogP contribution in [0, 0.1) is 0 Å². The third-order valence-corrected chi connectivity index (χ3v) is 3.48. The number of imidazole rings is 1. The SMILES string of the molecule is C[n+]1c(N)n(CCOc2ccccc2)c2ccccc21. The Hall–Kier alpha value is -2.49. The summed E-state index contributed by atoms with van der Waals surface area (Å²) in [4.78, 5) is 0. The van der Waals surface area contributed by atoms with Crippen LogP contribution in [0.3, 0.4) is 0 Å². The first-order chi connectivity index (χ1) is 9.77. The van der Waals surface area contributed by atoms with Gasteiger partial charge >= 0.3 is 5.95 Å². The summed E-state index contributed by atoms with van der Waals surface area (Å²) in [5.41, 5.74) is 8.42. The van der Waals surface area contributed by atoms with Crippen molar-refractivity contribution in [3.63, 3.8) is 0 Å². The molecule has 0 saturated carbocycles. The predicted molar refractivity (Wildman–Crippen MR) is 79.5 cm³/mol. The van der Waals surface area contributed by atoms with Crippen molar-refractivity contribution in [1.82, 2.24) is 4.57 Å². The Morgan fingerprint density at radius 2 is 1.75 bits per heavy atom. The van der Waals surface area contributed by atoms with Crippen molar-refractivity contribution < 1.29 is 9.30 Å². The van der Waals surface area contributed by atoms with Gasteiger partial charge in [-0.2, -0.15) is 0 Å². The van der Waals surface area contributed by atoms with Crippen LogP contribution in [0.4, 0.5) is 5.95 Å². The van der Waals surface area contributed by atoms with E-state index in [-0.39, 0.29) is 0 Å². The summed E-state index contributed by atoms with van der Waals surface area (Å²) in [6, 6.07) is 18.0. The number of hydrogen-bond acceptors (Lipinski definition) is 2. The van der Waals surface area contributed by atoms with Crippen LogP contribution >= 0.6 is 0 Å². The normalized spacial score (nSPS) is 10.8. The molecule has 0 aliphatic heterocycles. The van der Waals surface area contributed by atoms with Crippen LogP contribution in [0.25, 0.3) is 11.0 Å². The van der Waals surface area contributed by atoms with Crippen molar-refractivity contribution in [2.24, 2.45) is 7.05 Å². The first kappa shape index (κ1) is 12.5. The molecule has 4 heteroatoms. The average molecular weight is 268 g/mol. The molecule has 2 N–H and O–H groups in total. The maximum atomic E-state index is 6.17. The van der Waals surface area contributed by atoms with Gasteiger partial charge in [0.05, 0.1) is 7.05 Å². The molecule has 0 unspecified atom stereocenters. The number of hydrogen-bond donors (Lipinski definition) is 1. The van der Waals surface area contributed by atoms with Gasteiger partial charge < -0.3 is 4.74 Å². The molecule has 3 rings (SSSR count).